The molecular weight excluding hydrogens is 329 g/mol. The number of nitrogens with zero attached hydrogens (tertiary/aromatic N) is 4. The maximum Gasteiger partial charge on any atom is 0.234 e. The van der Waals surface area contributed by atoms with Gasteiger partial charge in [-0.3, -0.25) is 9.47 Å². The number of nitrogens with one attached hydrogen (secondary N) is 1. The Labute approximate surface area is 142 Å². The summed E-state index contributed by atoms with van der Waals surface area (Å²) < 4.78 is 17.3. The van der Waals surface area contributed by atoms with E-state index in [1.807, 2.05) is 40.8 Å². The first kappa shape index (κ1) is 16.3. The zero-order valence-corrected chi connectivity index (χ0v) is 13.8. The molecule has 0 aliphatic heterocycles. The van der Waals surface area contributed by atoms with E-state index in [2.05, 4.69) is 15.5 Å². The molecule has 1 N–H and O–H groups in total. The number of anilines is 1. The molecule has 0 bridgehead atoms. The van der Waals surface area contributed by atoms with Crippen LogP contribution in [0.15, 0.2) is 53.9 Å². The third kappa shape index (κ3) is 3.48. The zero-order chi connectivity index (χ0) is 16.9. The number of carbonyl (C=O) groups is 1. The molecule has 124 valence electrons. The van der Waals surface area contributed by atoms with E-state index in [0.717, 1.165) is 5.82 Å². The van der Waals surface area contributed by atoms with E-state index in [1.54, 1.807) is 12.1 Å². The number of thioether (sulfide) groups is 1. The fourth-order valence-electron chi connectivity index (χ4n) is 2.18. The lowest BCUT2D eigenvalue weighted by Crippen LogP contribution is -2.17. The Morgan fingerprint density at radius 3 is 2.67 bits per heavy atom. The quantitative estimate of drug-likeness (QED) is 0.698. The SMILES string of the molecule is CCc1nnc(SCC(=O)Nc2ccccc2F)n1-n1cccc1. The van der Waals surface area contributed by atoms with Crippen LogP contribution in [-0.4, -0.2) is 31.2 Å². The van der Waals surface area contributed by atoms with Crippen molar-refractivity contribution < 1.29 is 9.18 Å². The number of para-hydroxylation sites is 1. The second kappa shape index (κ2) is 7.31. The molecule has 0 fully saturated rings. The van der Waals surface area contributed by atoms with Crippen LogP contribution in [0.1, 0.15) is 12.7 Å². The number of halogens is 1. The summed E-state index contributed by atoms with van der Waals surface area (Å²) in [6, 6.07) is 9.87. The van der Waals surface area contributed by atoms with Crippen LogP contribution in [-0.2, 0) is 11.2 Å². The normalized spacial score (nSPS) is 10.8. The largest absolute Gasteiger partial charge is 0.323 e. The van der Waals surface area contributed by atoms with Gasteiger partial charge in [-0.15, -0.1) is 10.2 Å². The van der Waals surface area contributed by atoms with Crippen molar-refractivity contribution in [3.63, 3.8) is 0 Å². The molecule has 0 spiro atoms. The van der Waals surface area contributed by atoms with Crippen molar-refractivity contribution in [1.82, 2.24) is 19.5 Å². The third-order valence-corrected chi connectivity index (χ3v) is 4.21. The second-order valence-corrected chi connectivity index (χ2v) is 5.89. The number of benzene rings is 1. The molecule has 6 nitrogen and oxygen atoms in total. The van der Waals surface area contributed by atoms with E-state index in [0.29, 0.717) is 11.6 Å². The predicted molar refractivity (Wildman–Crippen MR) is 90.4 cm³/mol. The molecule has 0 saturated heterocycles. The highest BCUT2D eigenvalue weighted by Gasteiger charge is 2.15. The van der Waals surface area contributed by atoms with Gasteiger partial charge in [0.05, 0.1) is 11.4 Å². The lowest BCUT2D eigenvalue weighted by molar-refractivity contribution is -0.113. The van der Waals surface area contributed by atoms with E-state index < -0.39 is 5.82 Å². The van der Waals surface area contributed by atoms with Gasteiger partial charge in [0.25, 0.3) is 0 Å². The number of aryl methyl sites for hydroxylation is 1. The number of rotatable bonds is 6. The Morgan fingerprint density at radius 2 is 1.96 bits per heavy atom. The van der Waals surface area contributed by atoms with Crippen LogP contribution in [0.3, 0.4) is 0 Å². The number of hydrogen-bond donors (Lipinski definition) is 1. The van der Waals surface area contributed by atoms with Crippen LogP contribution in [0.25, 0.3) is 0 Å². The van der Waals surface area contributed by atoms with E-state index >= 15 is 0 Å². The maximum atomic E-state index is 13.6. The van der Waals surface area contributed by atoms with Crippen molar-refractivity contribution in [3.05, 3.63) is 60.4 Å². The molecule has 0 saturated carbocycles. The van der Waals surface area contributed by atoms with Gasteiger partial charge < -0.3 is 5.32 Å². The third-order valence-electron chi connectivity index (χ3n) is 3.29. The summed E-state index contributed by atoms with van der Waals surface area (Å²) in [5.41, 5.74) is 0.171. The molecule has 8 heteroatoms. The zero-order valence-electron chi connectivity index (χ0n) is 13.0. The first-order valence-corrected chi connectivity index (χ1v) is 8.42. The summed E-state index contributed by atoms with van der Waals surface area (Å²) >= 11 is 1.25. The van der Waals surface area contributed by atoms with Crippen LogP contribution in [0.5, 0.6) is 0 Å². The average Bonchev–Trinajstić information content (AvgIpc) is 3.23. The molecule has 3 rings (SSSR count). The standard InChI is InChI=1S/C16H16FN5OS/c1-2-14-19-20-16(22(14)21-9-5-6-10-21)24-11-15(23)18-13-8-4-3-7-12(13)17/h3-10H,2,11H2,1H3,(H,18,23). The van der Waals surface area contributed by atoms with Gasteiger partial charge in [-0.1, -0.05) is 30.8 Å². The summed E-state index contributed by atoms with van der Waals surface area (Å²) in [6.07, 6.45) is 4.48. The highest BCUT2D eigenvalue weighted by atomic mass is 32.2. The summed E-state index contributed by atoms with van der Waals surface area (Å²) in [5.74, 6) is 0.144. The van der Waals surface area contributed by atoms with Gasteiger partial charge in [0, 0.05) is 18.8 Å². The van der Waals surface area contributed by atoms with Gasteiger partial charge in [0.2, 0.25) is 11.1 Å². The minimum absolute atomic E-state index is 0.109. The smallest absolute Gasteiger partial charge is 0.234 e. The van der Waals surface area contributed by atoms with Crippen molar-refractivity contribution in [2.75, 3.05) is 11.1 Å². The molecule has 3 aromatic rings. The van der Waals surface area contributed by atoms with E-state index in [4.69, 9.17) is 0 Å². The number of aromatic nitrogens is 4. The number of hydrogen-bond acceptors (Lipinski definition) is 4. The molecule has 24 heavy (non-hydrogen) atoms. The Morgan fingerprint density at radius 1 is 1.21 bits per heavy atom. The van der Waals surface area contributed by atoms with E-state index in [1.165, 1.54) is 23.9 Å². The molecule has 0 unspecified atom stereocenters. The van der Waals surface area contributed by atoms with Crippen LogP contribution in [0.2, 0.25) is 0 Å². The molecule has 2 heterocycles. The number of amides is 1. The topological polar surface area (TPSA) is 64.7 Å². The fourth-order valence-corrected chi connectivity index (χ4v) is 2.93. The summed E-state index contributed by atoms with van der Waals surface area (Å²) in [4.78, 5) is 12.0. The van der Waals surface area contributed by atoms with Gasteiger partial charge in [-0.05, 0) is 24.3 Å². The summed E-state index contributed by atoms with van der Waals surface area (Å²) in [7, 11) is 0. The van der Waals surface area contributed by atoms with Crippen molar-refractivity contribution in [2.45, 2.75) is 18.5 Å². The Balaban J connectivity index is 1.70. The molecule has 0 atom stereocenters. The minimum atomic E-state index is -0.459. The van der Waals surface area contributed by atoms with Crippen LogP contribution < -0.4 is 5.32 Å². The Bertz CT molecular complexity index is 831. The van der Waals surface area contributed by atoms with Crippen LogP contribution in [0, 0.1) is 5.82 Å². The van der Waals surface area contributed by atoms with Crippen molar-refractivity contribution in [3.8, 4) is 0 Å². The molecular formula is C16H16FN5OS. The Kier molecular flexibility index (Phi) is 4.95. The molecule has 1 aromatic carbocycles. The van der Waals surface area contributed by atoms with Crippen LogP contribution in [0.4, 0.5) is 10.1 Å². The maximum absolute atomic E-state index is 13.6. The summed E-state index contributed by atoms with van der Waals surface area (Å²) in [5, 5.41) is 11.4. The molecule has 1 amide bonds. The van der Waals surface area contributed by atoms with Gasteiger partial charge in [0.1, 0.15) is 5.82 Å². The van der Waals surface area contributed by atoms with Gasteiger partial charge >= 0.3 is 0 Å². The predicted octanol–water partition coefficient (Wildman–Crippen LogP) is 2.82. The van der Waals surface area contributed by atoms with Crippen LogP contribution >= 0.6 is 11.8 Å². The van der Waals surface area contributed by atoms with E-state index in [9.17, 15) is 9.18 Å². The molecule has 0 aliphatic rings. The molecule has 2 aromatic heterocycles. The molecule has 0 radical (unpaired) electrons. The van der Waals surface area contributed by atoms with Gasteiger partial charge in [0.15, 0.2) is 5.82 Å². The second-order valence-electron chi connectivity index (χ2n) is 4.94. The first-order chi connectivity index (χ1) is 11.7. The van der Waals surface area contributed by atoms with Crippen molar-refractivity contribution in [1.29, 1.82) is 0 Å². The Hall–Kier alpha value is -2.61. The monoisotopic (exact) mass is 345 g/mol. The first-order valence-electron chi connectivity index (χ1n) is 7.44. The average molecular weight is 345 g/mol. The van der Waals surface area contributed by atoms with Gasteiger partial charge in [-0.2, -0.15) is 0 Å². The van der Waals surface area contributed by atoms with Gasteiger partial charge in [-0.25, -0.2) is 9.07 Å². The highest BCUT2D eigenvalue weighted by molar-refractivity contribution is 7.99. The lowest BCUT2D eigenvalue weighted by Gasteiger charge is -2.10. The minimum Gasteiger partial charge on any atom is -0.323 e. The van der Waals surface area contributed by atoms with E-state index in [-0.39, 0.29) is 17.3 Å². The fraction of sp³-hybridized carbons (Fsp3) is 0.188. The van der Waals surface area contributed by atoms with Crippen molar-refractivity contribution >= 4 is 23.4 Å². The lowest BCUT2D eigenvalue weighted by atomic mass is 10.3. The van der Waals surface area contributed by atoms with Crippen molar-refractivity contribution in [2.24, 2.45) is 0 Å². The summed E-state index contributed by atoms with van der Waals surface area (Å²) in [6.45, 7) is 1.99. The highest BCUT2D eigenvalue weighted by Crippen LogP contribution is 2.19. The number of carbonyl (C=O) groups excluding carboxylic acids is 1. The molecule has 0 aliphatic carbocycles.